The molecule has 2 aromatic carbocycles. The molecule has 2 aromatic heterocycles. The molecule has 0 radical (unpaired) electrons. The molecule has 0 fully saturated rings. The molecule has 0 spiro atoms. The summed E-state index contributed by atoms with van der Waals surface area (Å²) < 4.78 is 16.1. The summed E-state index contributed by atoms with van der Waals surface area (Å²) in [4.78, 5) is 12.2. The van der Waals surface area contributed by atoms with Gasteiger partial charge in [-0.1, -0.05) is 41.6 Å². The topological polar surface area (TPSA) is 103 Å². The number of nitrogens with zero attached hydrogens (tertiary/aromatic N) is 3. The van der Waals surface area contributed by atoms with Gasteiger partial charge in [0.1, 0.15) is 5.75 Å². The van der Waals surface area contributed by atoms with Gasteiger partial charge in [-0.3, -0.25) is 4.79 Å². The Hall–Kier alpha value is -3.94. The van der Waals surface area contributed by atoms with Crippen LogP contribution in [0.2, 0.25) is 0 Å². The third-order valence-corrected chi connectivity index (χ3v) is 4.18. The Balaban J connectivity index is 1.33. The smallest absolute Gasteiger partial charge is 0.247 e. The van der Waals surface area contributed by atoms with Gasteiger partial charge in [0, 0.05) is 17.2 Å². The van der Waals surface area contributed by atoms with Crippen LogP contribution in [-0.2, 0) is 17.8 Å². The monoisotopic (exact) mass is 390 g/mol. The first-order valence-corrected chi connectivity index (χ1v) is 8.96. The summed E-state index contributed by atoms with van der Waals surface area (Å²) in [6.45, 7) is 0.124. The van der Waals surface area contributed by atoms with Crippen molar-refractivity contribution in [1.82, 2.24) is 20.7 Å². The van der Waals surface area contributed by atoms with Crippen LogP contribution in [0, 0.1) is 0 Å². The van der Waals surface area contributed by atoms with Crippen LogP contribution >= 0.6 is 0 Å². The van der Waals surface area contributed by atoms with Crippen molar-refractivity contribution >= 4 is 5.91 Å². The van der Waals surface area contributed by atoms with Gasteiger partial charge >= 0.3 is 0 Å². The summed E-state index contributed by atoms with van der Waals surface area (Å²) in [5.74, 6) is 1.75. The molecule has 4 rings (SSSR count). The number of hydrogen-bond acceptors (Lipinski definition) is 7. The van der Waals surface area contributed by atoms with Crippen LogP contribution in [0.25, 0.3) is 22.8 Å². The Labute approximate surface area is 166 Å². The van der Waals surface area contributed by atoms with Crippen molar-refractivity contribution in [2.24, 2.45) is 0 Å². The van der Waals surface area contributed by atoms with Crippen LogP contribution in [0.3, 0.4) is 0 Å². The second-order valence-corrected chi connectivity index (χ2v) is 6.23. The van der Waals surface area contributed by atoms with Crippen molar-refractivity contribution in [3.63, 3.8) is 0 Å². The van der Waals surface area contributed by atoms with Crippen LogP contribution in [-0.4, -0.2) is 28.4 Å². The average Bonchev–Trinajstić information content (AvgIpc) is 3.43. The predicted octanol–water partition coefficient (Wildman–Crippen LogP) is 3.26. The molecule has 0 saturated heterocycles. The minimum atomic E-state index is -0.223. The number of rotatable bonds is 7. The summed E-state index contributed by atoms with van der Waals surface area (Å²) >= 11 is 0. The van der Waals surface area contributed by atoms with E-state index >= 15 is 0 Å². The summed E-state index contributed by atoms with van der Waals surface area (Å²) in [5, 5.41) is 14.7. The van der Waals surface area contributed by atoms with Crippen molar-refractivity contribution in [3.8, 4) is 28.5 Å². The zero-order valence-electron chi connectivity index (χ0n) is 15.7. The molecule has 0 saturated carbocycles. The lowest BCUT2D eigenvalue weighted by atomic mass is 10.1. The minimum Gasteiger partial charge on any atom is -0.497 e. The zero-order chi connectivity index (χ0) is 20.1. The van der Waals surface area contributed by atoms with Crippen molar-refractivity contribution in [3.05, 3.63) is 72.2 Å². The number of aromatic nitrogens is 3. The Morgan fingerprint density at radius 3 is 2.69 bits per heavy atom. The van der Waals surface area contributed by atoms with Crippen molar-refractivity contribution < 1.29 is 18.5 Å². The van der Waals surface area contributed by atoms with Gasteiger partial charge in [0.2, 0.25) is 17.7 Å². The molecule has 146 valence electrons. The van der Waals surface area contributed by atoms with Gasteiger partial charge in [-0.2, -0.15) is 0 Å². The SMILES string of the molecule is COc1cccc(-c2nnc(CNC(=O)Cc3cc(-c4ccccc4)on3)o2)c1. The number of carbonyl (C=O) groups excluding carboxylic acids is 1. The van der Waals surface area contributed by atoms with Crippen LogP contribution in [0.15, 0.2) is 69.6 Å². The van der Waals surface area contributed by atoms with E-state index in [1.807, 2.05) is 48.5 Å². The maximum atomic E-state index is 12.2. The largest absolute Gasteiger partial charge is 0.497 e. The van der Waals surface area contributed by atoms with Gasteiger partial charge in [-0.25, -0.2) is 0 Å². The Kier molecular flexibility index (Phi) is 5.33. The molecule has 4 aromatic rings. The third kappa shape index (κ3) is 4.49. The molecule has 0 bridgehead atoms. The van der Waals surface area contributed by atoms with E-state index in [-0.39, 0.29) is 18.9 Å². The van der Waals surface area contributed by atoms with E-state index in [4.69, 9.17) is 13.7 Å². The van der Waals surface area contributed by atoms with E-state index in [2.05, 4.69) is 20.7 Å². The first-order valence-electron chi connectivity index (χ1n) is 8.96. The lowest BCUT2D eigenvalue weighted by molar-refractivity contribution is -0.120. The van der Waals surface area contributed by atoms with Crippen LogP contribution in [0.5, 0.6) is 5.75 Å². The highest BCUT2D eigenvalue weighted by atomic mass is 16.5. The molecule has 1 amide bonds. The number of amides is 1. The molecule has 0 atom stereocenters. The first kappa shape index (κ1) is 18.4. The van der Waals surface area contributed by atoms with E-state index in [9.17, 15) is 4.79 Å². The zero-order valence-corrected chi connectivity index (χ0v) is 15.7. The molecule has 0 aliphatic heterocycles. The number of ether oxygens (including phenoxy) is 1. The minimum absolute atomic E-state index is 0.0905. The molecular weight excluding hydrogens is 372 g/mol. The maximum Gasteiger partial charge on any atom is 0.247 e. The average molecular weight is 390 g/mol. The maximum absolute atomic E-state index is 12.2. The lowest BCUT2D eigenvalue weighted by Crippen LogP contribution is -2.24. The summed E-state index contributed by atoms with van der Waals surface area (Å²) in [7, 11) is 1.59. The fourth-order valence-electron chi connectivity index (χ4n) is 2.73. The highest BCUT2D eigenvalue weighted by Gasteiger charge is 2.13. The lowest BCUT2D eigenvalue weighted by Gasteiger charge is -2.01. The highest BCUT2D eigenvalue weighted by Crippen LogP contribution is 2.22. The molecule has 1 N–H and O–H groups in total. The molecule has 0 aliphatic rings. The summed E-state index contributed by atoms with van der Waals surface area (Å²) in [5.41, 5.74) is 2.19. The molecule has 2 heterocycles. The Morgan fingerprint density at radius 2 is 1.86 bits per heavy atom. The van der Waals surface area contributed by atoms with E-state index in [0.29, 0.717) is 29.0 Å². The van der Waals surface area contributed by atoms with Gasteiger partial charge in [-0.05, 0) is 18.2 Å². The number of benzene rings is 2. The van der Waals surface area contributed by atoms with Gasteiger partial charge in [0.25, 0.3) is 0 Å². The number of hydrogen-bond donors (Lipinski definition) is 1. The molecular formula is C21H18N4O4. The number of carbonyl (C=O) groups is 1. The fraction of sp³-hybridized carbons (Fsp3) is 0.143. The quantitative estimate of drug-likeness (QED) is 0.516. The van der Waals surface area contributed by atoms with Gasteiger partial charge in [-0.15, -0.1) is 10.2 Å². The predicted molar refractivity (Wildman–Crippen MR) is 104 cm³/mol. The third-order valence-electron chi connectivity index (χ3n) is 4.18. The molecule has 0 unspecified atom stereocenters. The molecule has 8 heteroatoms. The summed E-state index contributed by atoms with van der Waals surface area (Å²) in [6, 6.07) is 18.6. The normalized spacial score (nSPS) is 10.7. The Bertz CT molecular complexity index is 1100. The molecule has 29 heavy (non-hydrogen) atoms. The molecule has 8 nitrogen and oxygen atoms in total. The fourth-order valence-corrected chi connectivity index (χ4v) is 2.73. The highest BCUT2D eigenvalue weighted by molar-refractivity contribution is 5.78. The standard InChI is InChI=1S/C21H18N4O4/c1-27-17-9-5-8-15(10-17)21-24-23-20(28-21)13-22-19(26)12-16-11-18(29-25-16)14-6-3-2-4-7-14/h2-11H,12-13H2,1H3,(H,22,26). The molecule has 0 aliphatic carbocycles. The van der Waals surface area contributed by atoms with E-state index < -0.39 is 0 Å². The second-order valence-electron chi connectivity index (χ2n) is 6.23. The van der Waals surface area contributed by atoms with Crippen molar-refractivity contribution in [2.45, 2.75) is 13.0 Å². The van der Waals surface area contributed by atoms with Crippen LogP contribution < -0.4 is 10.1 Å². The van der Waals surface area contributed by atoms with Crippen molar-refractivity contribution in [2.75, 3.05) is 7.11 Å². The number of methoxy groups -OCH3 is 1. The van der Waals surface area contributed by atoms with Crippen LogP contribution in [0.1, 0.15) is 11.6 Å². The van der Waals surface area contributed by atoms with Crippen molar-refractivity contribution in [1.29, 1.82) is 0 Å². The second kappa shape index (κ2) is 8.39. The van der Waals surface area contributed by atoms with Crippen LogP contribution in [0.4, 0.5) is 0 Å². The van der Waals surface area contributed by atoms with E-state index in [1.165, 1.54) is 0 Å². The number of nitrogens with one attached hydrogen (secondary N) is 1. The van der Waals surface area contributed by atoms with Gasteiger partial charge in [0.05, 0.1) is 25.8 Å². The van der Waals surface area contributed by atoms with Gasteiger partial charge in [0.15, 0.2) is 5.76 Å². The summed E-state index contributed by atoms with van der Waals surface area (Å²) in [6.07, 6.45) is 0.0905. The Morgan fingerprint density at radius 1 is 1.03 bits per heavy atom. The van der Waals surface area contributed by atoms with Gasteiger partial charge < -0.3 is 19.0 Å². The van der Waals surface area contributed by atoms with E-state index in [0.717, 1.165) is 11.1 Å². The van der Waals surface area contributed by atoms with E-state index in [1.54, 1.807) is 19.2 Å². The first-order chi connectivity index (χ1) is 14.2.